The molecule has 2 rings (SSSR count). The van der Waals surface area contributed by atoms with Gasteiger partial charge in [0.05, 0.1) is 10.8 Å². The van der Waals surface area contributed by atoms with Crippen molar-refractivity contribution in [3.8, 4) is 0 Å². The Labute approximate surface area is 139 Å². The Morgan fingerprint density at radius 3 is 2.65 bits per heavy atom. The smallest absolute Gasteiger partial charge is 0.243 e. The van der Waals surface area contributed by atoms with Crippen molar-refractivity contribution in [3.63, 3.8) is 0 Å². The second kappa shape index (κ2) is 7.93. The number of aryl methyl sites for hydroxylation is 1. The number of hydrogen-bond donors (Lipinski definition) is 1. The van der Waals surface area contributed by atoms with Crippen molar-refractivity contribution >= 4 is 15.9 Å². The van der Waals surface area contributed by atoms with Crippen molar-refractivity contribution in [1.82, 2.24) is 9.62 Å². The second-order valence-electron chi connectivity index (χ2n) is 6.16. The maximum atomic E-state index is 12.7. The molecule has 128 valence electrons. The lowest BCUT2D eigenvalue weighted by Crippen LogP contribution is -2.45. The normalized spacial score (nSPS) is 19.5. The van der Waals surface area contributed by atoms with E-state index in [2.05, 4.69) is 12.2 Å². The monoisotopic (exact) mass is 338 g/mol. The average molecular weight is 338 g/mol. The van der Waals surface area contributed by atoms with Gasteiger partial charge in [-0.2, -0.15) is 4.31 Å². The molecule has 1 aliphatic rings. The molecule has 0 aliphatic carbocycles. The quantitative estimate of drug-likeness (QED) is 0.810. The van der Waals surface area contributed by atoms with Gasteiger partial charge in [-0.25, -0.2) is 8.42 Å². The zero-order valence-corrected chi connectivity index (χ0v) is 14.7. The lowest BCUT2D eigenvalue weighted by molar-refractivity contribution is -0.126. The van der Waals surface area contributed by atoms with E-state index in [1.54, 1.807) is 24.3 Å². The molecule has 5 nitrogen and oxygen atoms in total. The molecule has 1 N–H and O–H groups in total. The summed E-state index contributed by atoms with van der Waals surface area (Å²) < 4.78 is 26.9. The molecule has 0 aromatic heterocycles. The number of unbranched alkanes of at least 4 members (excludes halogenated alkanes) is 1. The molecular formula is C17H26N2O3S. The van der Waals surface area contributed by atoms with E-state index in [1.165, 1.54) is 4.31 Å². The van der Waals surface area contributed by atoms with Crippen molar-refractivity contribution in [3.05, 3.63) is 29.8 Å². The highest BCUT2D eigenvalue weighted by atomic mass is 32.2. The van der Waals surface area contributed by atoms with Crippen LogP contribution in [0.1, 0.15) is 38.2 Å². The molecule has 23 heavy (non-hydrogen) atoms. The van der Waals surface area contributed by atoms with E-state index in [-0.39, 0.29) is 18.4 Å². The highest BCUT2D eigenvalue weighted by molar-refractivity contribution is 7.89. The minimum atomic E-state index is -3.52. The predicted octanol–water partition coefficient (Wildman–Crippen LogP) is 2.31. The summed E-state index contributed by atoms with van der Waals surface area (Å²) in [5.74, 6) is -0.275. The predicted molar refractivity (Wildman–Crippen MR) is 90.6 cm³/mol. The van der Waals surface area contributed by atoms with Crippen LogP contribution in [0.4, 0.5) is 0 Å². The third-order valence-corrected chi connectivity index (χ3v) is 6.12. The van der Waals surface area contributed by atoms with Crippen LogP contribution >= 0.6 is 0 Å². The first-order valence-electron chi connectivity index (χ1n) is 8.29. The fraction of sp³-hybridized carbons (Fsp3) is 0.588. The topological polar surface area (TPSA) is 66.5 Å². The summed E-state index contributed by atoms with van der Waals surface area (Å²) in [6.07, 6.45) is 3.44. The van der Waals surface area contributed by atoms with Crippen LogP contribution in [-0.4, -0.2) is 38.3 Å². The molecule has 0 unspecified atom stereocenters. The molecule has 6 heteroatoms. The molecule has 1 aromatic rings. The van der Waals surface area contributed by atoms with Gasteiger partial charge in [-0.3, -0.25) is 4.79 Å². The van der Waals surface area contributed by atoms with Gasteiger partial charge >= 0.3 is 0 Å². The van der Waals surface area contributed by atoms with Crippen LogP contribution in [0.2, 0.25) is 0 Å². The van der Waals surface area contributed by atoms with Crippen molar-refractivity contribution in [2.45, 2.75) is 44.4 Å². The van der Waals surface area contributed by atoms with Crippen molar-refractivity contribution in [2.75, 3.05) is 19.6 Å². The first kappa shape index (κ1) is 17.9. The first-order valence-corrected chi connectivity index (χ1v) is 9.73. The van der Waals surface area contributed by atoms with E-state index in [4.69, 9.17) is 0 Å². The SMILES string of the molecule is CCCCNC(=O)[C@@H]1CCCN(S(=O)(=O)c2ccc(C)cc2)C1. The van der Waals surface area contributed by atoms with Crippen LogP contribution in [0, 0.1) is 12.8 Å². The summed E-state index contributed by atoms with van der Waals surface area (Å²) in [4.78, 5) is 12.5. The van der Waals surface area contributed by atoms with Crippen LogP contribution in [-0.2, 0) is 14.8 Å². The Morgan fingerprint density at radius 1 is 1.30 bits per heavy atom. The van der Waals surface area contributed by atoms with E-state index in [9.17, 15) is 13.2 Å². The van der Waals surface area contributed by atoms with E-state index >= 15 is 0 Å². The molecule has 0 spiro atoms. The minimum absolute atomic E-state index is 0.0257. The summed E-state index contributed by atoms with van der Waals surface area (Å²) >= 11 is 0. The van der Waals surface area contributed by atoms with Gasteiger partial charge in [-0.1, -0.05) is 31.0 Å². The number of carbonyl (C=O) groups is 1. The molecule has 1 heterocycles. The summed E-state index contributed by atoms with van der Waals surface area (Å²) in [5.41, 5.74) is 1.02. The van der Waals surface area contributed by atoms with Crippen LogP contribution < -0.4 is 5.32 Å². The number of amides is 1. The van der Waals surface area contributed by atoms with Gasteiger partial charge in [-0.15, -0.1) is 0 Å². The molecule has 0 saturated carbocycles. The van der Waals surface area contributed by atoms with Gasteiger partial charge in [0, 0.05) is 19.6 Å². The third-order valence-electron chi connectivity index (χ3n) is 4.24. The van der Waals surface area contributed by atoms with E-state index in [0.717, 1.165) is 31.2 Å². The Morgan fingerprint density at radius 2 is 2.00 bits per heavy atom. The summed E-state index contributed by atoms with van der Waals surface area (Å²) in [6, 6.07) is 6.86. The Hall–Kier alpha value is -1.40. The Bertz CT molecular complexity index is 626. The maximum Gasteiger partial charge on any atom is 0.243 e. The van der Waals surface area contributed by atoms with Crippen molar-refractivity contribution < 1.29 is 13.2 Å². The van der Waals surface area contributed by atoms with Gasteiger partial charge in [0.2, 0.25) is 15.9 Å². The molecule has 1 amide bonds. The maximum absolute atomic E-state index is 12.7. The highest BCUT2D eigenvalue weighted by Crippen LogP contribution is 2.24. The first-order chi connectivity index (χ1) is 10.9. The summed E-state index contributed by atoms with van der Waals surface area (Å²) in [6.45, 7) is 5.41. The molecular weight excluding hydrogens is 312 g/mol. The fourth-order valence-electron chi connectivity index (χ4n) is 2.77. The van der Waals surface area contributed by atoms with E-state index < -0.39 is 10.0 Å². The number of carbonyl (C=O) groups excluding carboxylic acids is 1. The summed E-state index contributed by atoms with van der Waals surface area (Å²) in [7, 11) is -3.52. The second-order valence-corrected chi connectivity index (χ2v) is 8.10. The number of hydrogen-bond acceptors (Lipinski definition) is 3. The highest BCUT2D eigenvalue weighted by Gasteiger charge is 2.33. The van der Waals surface area contributed by atoms with Gasteiger partial charge in [0.25, 0.3) is 0 Å². The minimum Gasteiger partial charge on any atom is -0.356 e. The van der Waals surface area contributed by atoms with Crippen LogP contribution in [0.15, 0.2) is 29.2 Å². The van der Waals surface area contributed by atoms with E-state index in [0.29, 0.717) is 18.0 Å². The van der Waals surface area contributed by atoms with Crippen LogP contribution in [0.3, 0.4) is 0 Å². The number of piperidine rings is 1. The van der Waals surface area contributed by atoms with Gasteiger partial charge in [0.1, 0.15) is 0 Å². The average Bonchev–Trinajstić information content (AvgIpc) is 2.55. The number of rotatable bonds is 6. The van der Waals surface area contributed by atoms with Gasteiger partial charge < -0.3 is 5.32 Å². The molecule has 1 aromatic carbocycles. The number of benzene rings is 1. The number of nitrogens with one attached hydrogen (secondary N) is 1. The fourth-order valence-corrected chi connectivity index (χ4v) is 4.29. The zero-order valence-electron chi connectivity index (χ0n) is 13.9. The molecule has 1 aliphatic heterocycles. The molecule has 0 bridgehead atoms. The standard InChI is InChI=1S/C17H26N2O3S/c1-3-4-11-18-17(20)15-6-5-12-19(13-15)23(21,22)16-9-7-14(2)8-10-16/h7-10,15H,3-6,11-13H2,1-2H3,(H,18,20)/t15-/m1/s1. The van der Waals surface area contributed by atoms with Crippen molar-refractivity contribution in [1.29, 1.82) is 0 Å². The third kappa shape index (κ3) is 4.54. The van der Waals surface area contributed by atoms with Crippen LogP contribution in [0.5, 0.6) is 0 Å². The Kier molecular flexibility index (Phi) is 6.18. The lowest BCUT2D eigenvalue weighted by atomic mass is 9.99. The van der Waals surface area contributed by atoms with Crippen LogP contribution in [0.25, 0.3) is 0 Å². The largest absolute Gasteiger partial charge is 0.356 e. The molecule has 1 saturated heterocycles. The summed E-state index contributed by atoms with van der Waals surface area (Å²) in [5, 5.41) is 2.91. The van der Waals surface area contributed by atoms with E-state index in [1.807, 2.05) is 6.92 Å². The lowest BCUT2D eigenvalue weighted by Gasteiger charge is -2.31. The zero-order chi connectivity index (χ0) is 16.9. The van der Waals surface area contributed by atoms with Gasteiger partial charge in [-0.05, 0) is 38.3 Å². The molecule has 1 fully saturated rings. The molecule has 0 radical (unpaired) electrons. The number of nitrogens with zero attached hydrogens (tertiary/aromatic N) is 1. The molecule has 1 atom stereocenters. The van der Waals surface area contributed by atoms with Gasteiger partial charge in [0.15, 0.2) is 0 Å². The van der Waals surface area contributed by atoms with Crippen molar-refractivity contribution in [2.24, 2.45) is 5.92 Å². The Balaban J connectivity index is 2.05. The number of sulfonamides is 1.